The van der Waals surface area contributed by atoms with Crippen LogP contribution in [0.3, 0.4) is 0 Å². The average molecular weight is 528 g/mol. The number of hydrogen-bond acceptors (Lipinski definition) is 5. The first kappa shape index (κ1) is 25.3. The number of nitrogens with zero attached hydrogens (tertiary/aromatic N) is 3. The first-order valence-electron chi connectivity index (χ1n) is 11.3. The Bertz CT molecular complexity index is 1450. The summed E-state index contributed by atoms with van der Waals surface area (Å²) in [6.07, 6.45) is 0. The summed E-state index contributed by atoms with van der Waals surface area (Å²) >= 11 is 7.64. The fourth-order valence-corrected chi connectivity index (χ4v) is 6.76. The number of aromatic nitrogens is 1. The van der Waals surface area contributed by atoms with Gasteiger partial charge in [0.1, 0.15) is 0 Å². The maximum atomic E-state index is 13.7. The van der Waals surface area contributed by atoms with Gasteiger partial charge < -0.3 is 0 Å². The molecule has 0 saturated heterocycles. The van der Waals surface area contributed by atoms with Crippen LogP contribution in [0.25, 0.3) is 10.2 Å². The highest BCUT2D eigenvalue weighted by Gasteiger charge is 2.25. The van der Waals surface area contributed by atoms with E-state index >= 15 is 0 Å². The molecule has 4 aromatic rings. The molecular weight excluding hydrogens is 502 g/mol. The molecule has 0 bridgehead atoms. The van der Waals surface area contributed by atoms with Crippen molar-refractivity contribution in [3.05, 3.63) is 88.4 Å². The van der Waals surface area contributed by atoms with E-state index in [1.165, 1.54) is 27.8 Å². The van der Waals surface area contributed by atoms with E-state index in [1.54, 1.807) is 30.9 Å². The molecule has 0 unspecified atom stereocenters. The van der Waals surface area contributed by atoms with E-state index in [0.29, 0.717) is 35.4 Å². The normalized spacial score (nSPS) is 11.8. The molecule has 4 rings (SSSR count). The molecule has 9 heteroatoms. The fraction of sp³-hybridized carbons (Fsp3) is 0.231. The van der Waals surface area contributed by atoms with Gasteiger partial charge in [0.15, 0.2) is 5.13 Å². The predicted octanol–water partition coefficient (Wildman–Crippen LogP) is 6.14. The number of anilines is 1. The van der Waals surface area contributed by atoms with E-state index in [-0.39, 0.29) is 10.8 Å². The van der Waals surface area contributed by atoms with Crippen molar-refractivity contribution in [1.29, 1.82) is 0 Å². The number of aryl methyl sites for hydroxylation is 1. The summed E-state index contributed by atoms with van der Waals surface area (Å²) in [6.45, 7) is 6.62. The second-order valence-corrected chi connectivity index (χ2v) is 11.4. The van der Waals surface area contributed by atoms with Gasteiger partial charge in [0, 0.05) is 23.7 Å². The molecule has 0 aliphatic carbocycles. The summed E-state index contributed by atoms with van der Waals surface area (Å²) in [7, 11) is -3.61. The van der Waals surface area contributed by atoms with Crippen molar-refractivity contribution in [2.75, 3.05) is 18.0 Å². The van der Waals surface area contributed by atoms with Gasteiger partial charge in [-0.05, 0) is 54.4 Å². The van der Waals surface area contributed by atoms with Crippen molar-refractivity contribution in [1.82, 2.24) is 9.29 Å². The van der Waals surface area contributed by atoms with Gasteiger partial charge in [-0.15, -0.1) is 0 Å². The molecule has 0 aliphatic rings. The number of thiazole rings is 1. The second kappa shape index (κ2) is 10.5. The zero-order chi connectivity index (χ0) is 25.2. The van der Waals surface area contributed by atoms with Crippen LogP contribution in [-0.2, 0) is 16.6 Å². The van der Waals surface area contributed by atoms with Crippen LogP contribution in [0.1, 0.15) is 35.3 Å². The Kier molecular flexibility index (Phi) is 7.56. The lowest BCUT2D eigenvalue weighted by atomic mass is 10.1. The van der Waals surface area contributed by atoms with Crippen LogP contribution in [0.15, 0.2) is 71.6 Å². The summed E-state index contributed by atoms with van der Waals surface area (Å²) in [4.78, 5) is 20.2. The van der Waals surface area contributed by atoms with E-state index in [9.17, 15) is 13.2 Å². The first-order valence-corrected chi connectivity index (χ1v) is 13.9. The second-order valence-electron chi connectivity index (χ2n) is 8.06. The summed E-state index contributed by atoms with van der Waals surface area (Å²) in [5, 5.41) is 1.18. The van der Waals surface area contributed by atoms with Crippen LogP contribution in [0, 0.1) is 6.92 Å². The Labute approximate surface area is 214 Å². The van der Waals surface area contributed by atoms with Crippen molar-refractivity contribution >= 4 is 54.2 Å². The lowest BCUT2D eigenvalue weighted by Crippen LogP contribution is -2.31. The van der Waals surface area contributed by atoms with Crippen molar-refractivity contribution in [2.24, 2.45) is 0 Å². The standard InChI is InChI=1S/C26H26ClN3O3S2/c1-4-29(5-2)35(32,33)22-13-11-20(12-14-22)25(31)30(17-19-9-7-6-8-10-19)26-28-24-18(3)15-21(27)16-23(24)34-26/h6-16H,4-5,17H2,1-3H3. The SMILES string of the molecule is CCN(CC)S(=O)(=O)c1ccc(C(=O)N(Cc2ccccc2)c2nc3c(C)cc(Cl)cc3s2)cc1. The van der Waals surface area contributed by atoms with Crippen LogP contribution in [0.2, 0.25) is 5.02 Å². The molecule has 0 radical (unpaired) electrons. The minimum Gasteiger partial charge on any atom is -0.279 e. The molecule has 0 saturated carbocycles. The smallest absolute Gasteiger partial charge is 0.260 e. The molecule has 0 N–H and O–H groups in total. The number of fused-ring (bicyclic) bond motifs is 1. The number of halogens is 1. The molecule has 6 nitrogen and oxygen atoms in total. The van der Waals surface area contributed by atoms with Gasteiger partial charge >= 0.3 is 0 Å². The van der Waals surface area contributed by atoms with Gasteiger partial charge in [0.2, 0.25) is 10.0 Å². The quantitative estimate of drug-likeness (QED) is 0.276. The summed E-state index contributed by atoms with van der Waals surface area (Å²) in [5.41, 5.74) is 3.08. The number of carbonyl (C=O) groups is 1. The molecular formula is C26H26ClN3O3S2. The highest BCUT2D eigenvalue weighted by atomic mass is 35.5. The number of amides is 1. The summed E-state index contributed by atoms with van der Waals surface area (Å²) in [6, 6.07) is 19.5. The third-order valence-electron chi connectivity index (χ3n) is 5.74. The van der Waals surface area contributed by atoms with Crippen molar-refractivity contribution in [3.63, 3.8) is 0 Å². The molecule has 1 aromatic heterocycles. The van der Waals surface area contributed by atoms with E-state index in [4.69, 9.17) is 16.6 Å². The van der Waals surface area contributed by atoms with E-state index in [2.05, 4.69) is 0 Å². The van der Waals surface area contributed by atoms with Crippen LogP contribution < -0.4 is 4.90 Å². The van der Waals surface area contributed by atoms with Gasteiger partial charge in [-0.3, -0.25) is 9.69 Å². The van der Waals surface area contributed by atoms with E-state index < -0.39 is 10.0 Å². The first-order chi connectivity index (χ1) is 16.7. The molecule has 0 fully saturated rings. The Balaban J connectivity index is 1.73. The van der Waals surface area contributed by atoms with Gasteiger partial charge in [-0.2, -0.15) is 4.31 Å². The Morgan fingerprint density at radius 1 is 1.00 bits per heavy atom. The minimum absolute atomic E-state index is 0.164. The molecule has 3 aromatic carbocycles. The van der Waals surface area contributed by atoms with Gasteiger partial charge in [0.05, 0.1) is 21.7 Å². The Morgan fingerprint density at radius 2 is 1.66 bits per heavy atom. The summed E-state index contributed by atoms with van der Waals surface area (Å²) < 4.78 is 28.0. The maximum Gasteiger partial charge on any atom is 0.260 e. The molecule has 1 amide bonds. The van der Waals surface area contributed by atoms with Gasteiger partial charge in [-0.1, -0.05) is 67.1 Å². The number of rotatable bonds is 8. The molecule has 0 spiro atoms. The van der Waals surface area contributed by atoms with Crippen LogP contribution in [0.5, 0.6) is 0 Å². The van der Waals surface area contributed by atoms with Crippen LogP contribution in [0.4, 0.5) is 5.13 Å². The van der Waals surface area contributed by atoms with Crippen molar-refractivity contribution in [2.45, 2.75) is 32.2 Å². The topological polar surface area (TPSA) is 70.6 Å². The fourth-order valence-electron chi connectivity index (χ4n) is 3.89. The minimum atomic E-state index is -3.61. The van der Waals surface area contributed by atoms with Crippen LogP contribution in [-0.4, -0.2) is 36.7 Å². The molecule has 35 heavy (non-hydrogen) atoms. The predicted molar refractivity (Wildman–Crippen MR) is 143 cm³/mol. The van der Waals surface area contributed by atoms with E-state index in [0.717, 1.165) is 21.3 Å². The third kappa shape index (κ3) is 5.26. The van der Waals surface area contributed by atoms with Crippen LogP contribution >= 0.6 is 22.9 Å². The average Bonchev–Trinajstić information content (AvgIpc) is 3.27. The van der Waals surface area contributed by atoms with Crippen molar-refractivity contribution in [3.8, 4) is 0 Å². The molecule has 0 atom stereocenters. The number of benzene rings is 3. The van der Waals surface area contributed by atoms with Crippen molar-refractivity contribution < 1.29 is 13.2 Å². The monoisotopic (exact) mass is 527 g/mol. The highest BCUT2D eigenvalue weighted by Crippen LogP contribution is 2.34. The largest absolute Gasteiger partial charge is 0.279 e. The summed E-state index contributed by atoms with van der Waals surface area (Å²) in [5.74, 6) is -0.261. The zero-order valence-electron chi connectivity index (χ0n) is 19.7. The number of carbonyl (C=O) groups excluding carboxylic acids is 1. The Morgan fingerprint density at radius 3 is 2.29 bits per heavy atom. The zero-order valence-corrected chi connectivity index (χ0v) is 22.1. The lowest BCUT2D eigenvalue weighted by Gasteiger charge is -2.21. The molecule has 1 heterocycles. The molecule has 0 aliphatic heterocycles. The molecule has 182 valence electrons. The number of sulfonamides is 1. The maximum absolute atomic E-state index is 13.7. The third-order valence-corrected chi connectivity index (χ3v) is 9.05. The Hall–Kier alpha value is -2.78. The van der Waals surface area contributed by atoms with Gasteiger partial charge in [0.25, 0.3) is 5.91 Å². The highest BCUT2D eigenvalue weighted by molar-refractivity contribution is 7.89. The lowest BCUT2D eigenvalue weighted by molar-refractivity contribution is 0.0985. The number of hydrogen-bond donors (Lipinski definition) is 0. The van der Waals surface area contributed by atoms with E-state index in [1.807, 2.05) is 49.4 Å². The van der Waals surface area contributed by atoms with Gasteiger partial charge in [-0.25, -0.2) is 13.4 Å².